The van der Waals surface area contributed by atoms with Gasteiger partial charge in [-0.1, -0.05) is 11.6 Å². The Balaban J connectivity index is 2.05. The van der Waals surface area contributed by atoms with Crippen molar-refractivity contribution < 1.29 is 4.79 Å². The number of carbonyl (C=O) groups is 1. The van der Waals surface area contributed by atoms with Crippen LogP contribution < -0.4 is 0 Å². The second-order valence-electron chi connectivity index (χ2n) is 5.21. The number of rotatable bonds is 2. The van der Waals surface area contributed by atoms with Gasteiger partial charge in [-0.15, -0.1) is 0 Å². The number of amides is 1. The number of aromatic nitrogens is 1. The molecule has 0 radical (unpaired) electrons. The van der Waals surface area contributed by atoms with Crippen LogP contribution >= 0.6 is 11.6 Å². The predicted molar refractivity (Wildman–Crippen MR) is 76.6 cm³/mol. The summed E-state index contributed by atoms with van der Waals surface area (Å²) in [4.78, 5) is 20.8. The molecule has 0 spiro atoms. The molecule has 19 heavy (non-hydrogen) atoms. The van der Waals surface area contributed by atoms with Crippen LogP contribution in [0.4, 0.5) is 0 Å². The maximum absolute atomic E-state index is 12.4. The Hall–Kier alpha value is -1.13. The number of piperazine rings is 1. The molecule has 0 aliphatic carbocycles. The van der Waals surface area contributed by atoms with Gasteiger partial charge in [0.2, 0.25) is 0 Å². The highest BCUT2D eigenvalue weighted by molar-refractivity contribution is 6.32. The molecule has 1 fully saturated rings. The van der Waals surface area contributed by atoms with Crippen molar-refractivity contribution in [2.24, 2.45) is 0 Å². The van der Waals surface area contributed by atoms with E-state index in [9.17, 15) is 4.79 Å². The highest BCUT2D eigenvalue weighted by Crippen LogP contribution is 2.17. The molecule has 1 aliphatic heterocycles. The Morgan fingerprint density at radius 1 is 1.26 bits per heavy atom. The number of nitrogens with zero attached hydrogens (tertiary/aromatic N) is 3. The van der Waals surface area contributed by atoms with Crippen LogP contribution in [0.25, 0.3) is 0 Å². The molecular formula is C14H20ClN3O. The third-order valence-corrected chi connectivity index (χ3v) is 3.84. The molecule has 1 saturated heterocycles. The van der Waals surface area contributed by atoms with E-state index in [-0.39, 0.29) is 5.91 Å². The van der Waals surface area contributed by atoms with E-state index in [2.05, 4.69) is 23.7 Å². The fourth-order valence-corrected chi connectivity index (χ4v) is 2.57. The van der Waals surface area contributed by atoms with Crippen molar-refractivity contribution >= 4 is 17.5 Å². The molecule has 0 bridgehead atoms. The highest BCUT2D eigenvalue weighted by atomic mass is 35.5. The van der Waals surface area contributed by atoms with Gasteiger partial charge in [0, 0.05) is 37.9 Å². The summed E-state index contributed by atoms with van der Waals surface area (Å²) in [6.45, 7) is 9.56. The Labute approximate surface area is 119 Å². The maximum atomic E-state index is 12.4. The van der Waals surface area contributed by atoms with Crippen molar-refractivity contribution in [3.8, 4) is 0 Å². The number of halogens is 1. The summed E-state index contributed by atoms with van der Waals surface area (Å²) in [6, 6.07) is 4.12. The van der Waals surface area contributed by atoms with E-state index < -0.39 is 0 Å². The highest BCUT2D eigenvalue weighted by Gasteiger charge is 2.24. The summed E-state index contributed by atoms with van der Waals surface area (Å²) in [5.74, 6) is -0.0130. The van der Waals surface area contributed by atoms with E-state index in [0.717, 1.165) is 31.9 Å². The van der Waals surface area contributed by atoms with Crippen molar-refractivity contribution in [1.29, 1.82) is 0 Å². The predicted octanol–water partition coefficient (Wildman–Crippen LogP) is 2.21. The van der Waals surface area contributed by atoms with Crippen LogP contribution in [0.2, 0.25) is 5.15 Å². The Morgan fingerprint density at radius 3 is 2.42 bits per heavy atom. The summed E-state index contributed by atoms with van der Waals surface area (Å²) in [5, 5.41) is 0.302. The SMILES string of the molecule is Cc1ccc(C(=O)N2CCN(C(C)C)CC2)c(Cl)n1. The lowest BCUT2D eigenvalue weighted by molar-refractivity contribution is 0.0595. The first-order chi connectivity index (χ1) is 8.99. The average molecular weight is 282 g/mol. The lowest BCUT2D eigenvalue weighted by Crippen LogP contribution is -2.50. The fraction of sp³-hybridized carbons (Fsp3) is 0.571. The van der Waals surface area contributed by atoms with E-state index in [0.29, 0.717) is 16.8 Å². The zero-order valence-electron chi connectivity index (χ0n) is 11.7. The standard InChI is InChI=1S/C14H20ClN3O/c1-10(2)17-6-8-18(9-7-17)14(19)12-5-4-11(3)16-13(12)15/h4-5,10H,6-9H2,1-3H3. The topological polar surface area (TPSA) is 36.4 Å². The molecule has 104 valence electrons. The van der Waals surface area contributed by atoms with Crippen LogP contribution in [0.5, 0.6) is 0 Å². The minimum Gasteiger partial charge on any atom is -0.336 e. The number of carbonyl (C=O) groups excluding carboxylic acids is 1. The molecule has 4 nitrogen and oxygen atoms in total. The number of hydrogen-bond donors (Lipinski definition) is 0. The molecule has 2 heterocycles. The molecule has 0 unspecified atom stereocenters. The van der Waals surface area contributed by atoms with E-state index in [1.54, 1.807) is 6.07 Å². The number of hydrogen-bond acceptors (Lipinski definition) is 3. The van der Waals surface area contributed by atoms with Gasteiger partial charge in [0.25, 0.3) is 5.91 Å². The first-order valence-electron chi connectivity index (χ1n) is 6.65. The normalized spacial score (nSPS) is 17.0. The monoisotopic (exact) mass is 281 g/mol. The summed E-state index contributed by atoms with van der Waals surface area (Å²) >= 11 is 6.05. The van der Waals surface area contributed by atoms with Crippen LogP contribution in [-0.2, 0) is 0 Å². The van der Waals surface area contributed by atoms with E-state index >= 15 is 0 Å². The van der Waals surface area contributed by atoms with Gasteiger partial charge in [0.05, 0.1) is 5.56 Å². The molecule has 0 N–H and O–H groups in total. The molecule has 1 amide bonds. The molecule has 1 aromatic rings. The lowest BCUT2D eigenvalue weighted by atomic mass is 10.2. The summed E-state index contributed by atoms with van der Waals surface area (Å²) < 4.78 is 0. The summed E-state index contributed by atoms with van der Waals surface area (Å²) in [6.07, 6.45) is 0. The van der Waals surface area contributed by atoms with E-state index in [1.165, 1.54) is 0 Å². The third-order valence-electron chi connectivity index (χ3n) is 3.55. The van der Waals surface area contributed by atoms with Crippen molar-refractivity contribution in [3.63, 3.8) is 0 Å². The molecule has 0 atom stereocenters. The van der Waals surface area contributed by atoms with Gasteiger partial charge >= 0.3 is 0 Å². The van der Waals surface area contributed by atoms with Gasteiger partial charge in [0.1, 0.15) is 5.15 Å². The average Bonchev–Trinajstić information content (AvgIpc) is 2.38. The van der Waals surface area contributed by atoms with Gasteiger partial charge in [0.15, 0.2) is 0 Å². The number of aryl methyl sites for hydroxylation is 1. The van der Waals surface area contributed by atoms with E-state index in [1.807, 2.05) is 17.9 Å². The van der Waals surface area contributed by atoms with Crippen LogP contribution in [-0.4, -0.2) is 52.9 Å². The quantitative estimate of drug-likeness (QED) is 0.780. The van der Waals surface area contributed by atoms with Gasteiger partial charge in [-0.05, 0) is 32.9 Å². The number of pyridine rings is 1. The zero-order valence-corrected chi connectivity index (χ0v) is 12.4. The van der Waals surface area contributed by atoms with Gasteiger partial charge in [-0.3, -0.25) is 9.69 Å². The minimum atomic E-state index is -0.0130. The van der Waals surface area contributed by atoms with Gasteiger partial charge in [-0.25, -0.2) is 4.98 Å². The fourth-order valence-electron chi connectivity index (χ4n) is 2.30. The van der Waals surface area contributed by atoms with Crippen LogP contribution in [0.3, 0.4) is 0 Å². The maximum Gasteiger partial charge on any atom is 0.257 e. The molecule has 1 aliphatic rings. The third kappa shape index (κ3) is 3.25. The first-order valence-corrected chi connectivity index (χ1v) is 7.03. The van der Waals surface area contributed by atoms with Crippen LogP contribution in [0.1, 0.15) is 29.9 Å². The molecule has 0 aromatic carbocycles. The van der Waals surface area contributed by atoms with Gasteiger partial charge < -0.3 is 4.90 Å². The summed E-state index contributed by atoms with van der Waals surface area (Å²) in [7, 11) is 0. The minimum absolute atomic E-state index is 0.0130. The van der Waals surface area contributed by atoms with Crippen LogP contribution in [0.15, 0.2) is 12.1 Å². The second-order valence-corrected chi connectivity index (χ2v) is 5.57. The molecule has 1 aromatic heterocycles. The Kier molecular flexibility index (Phi) is 4.42. The largest absolute Gasteiger partial charge is 0.336 e. The molecule has 0 saturated carbocycles. The Bertz CT molecular complexity index is 468. The van der Waals surface area contributed by atoms with Crippen LogP contribution in [0, 0.1) is 6.92 Å². The summed E-state index contributed by atoms with van der Waals surface area (Å²) in [5.41, 5.74) is 1.33. The lowest BCUT2D eigenvalue weighted by Gasteiger charge is -2.37. The zero-order chi connectivity index (χ0) is 14.0. The molecular weight excluding hydrogens is 262 g/mol. The Morgan fingerprint density at radius 2 is 1.89 bits per heavy atom. The molecule has 2 rings (SSSR count). The van der Waals surface area contributed by atoms with E-state index in [4.69, 9.17) is 11.6 Å². The smallest absolute Gasteiger partial charge is 0.257 e. The first kappa shape index (κ1) is 14.3. The molecule has 5 heteroatoms. The van der Waals surface area contributed by atoms with Gasteiger partial charge in [-0.2, -0.15) is 0 Å². The van der Waals surface area contributed by atoms with Crippen molar-refractivity contribution in [3.05, 3.63) is 28.5 Å². The second kappa shape index (κ2) is 5.88. The van der Waals surface area contributed by atoms with Crippen molar-refractivity contribution in [2.75, 3.05) is 26.2 Å². The van der Waals surface area contributed by atoms with Crippen molar-refractivity contribution in [1.82, 2.24) is 14.8 Å². The van der Waals surface area contributed by atoms with Crippen molar-refractivity contribution in [2.45, 2.75) is 26.8 Å².